The summed E-state index contributed by atoms with van der Waals surface area (Å²) < 4.78 is 10.3. The number of guanidine groups is 1. The van der Waals surface area contributed by atoms with Crippen LogP contribution in [0.5, 0.6) is 11.5 Å². The zero-order valence-electron chi connectivity index (χ0n) is 10.8. The number of aliphatic carboxylic acids is 1. The second kappa shape index (κ2) is 6.48. The maximum atomic E-state index is 10.9. The van der Waals surface area contributed by atoms with E-state index in [1.165, 1.54) is 14.2 Å². The standard InChI is InChI=1S/C12H17N3O4/c1-18-7-3-4-8(10(5-7)19-2)9(6-11(16)17)15-12(13)14/h3-5,9H,6H2,1-2H3,(H,16,17)(H4,13,14,15). The van der Waals surface area contributed by atoms with Gasteiger partial charge in [0.25, 0.3) is 0 Å². The van der Waals surface area contributed by atoms with Crippen molar-refractivity contribution < 1.29 is 19.4 Å². The van der Waals surface area contributed by atoms with Crippen LogP contribution in [0.1, 0.15) is 18.0 Å². The fraction of sp³-hybridized carbons (Fsp3) is 0.333. The molecule has 0 radical (unpaired) electrons. The molecule has 0 aromatic heterocycles. The van der Waals surface area contributed by atoms with E-state index in [1.807, 2.05) is 0 Å². The SMILES string of the molecule is COc1ccc(C(CC(=O)O)N=C(N)N)c(OC)c1. The van der Waals surface area contributed by atoms with Gasteiger partial charge < -0.3 is 26.0 Å². The first-order valence-electron chi connectivity index (χ1n) is 5.50. The summed E-state index contributed by atoms with van der Waals surface area (Å²) in [6, 6.07) is 4.31. The lowest BCUT2D eigenvalue weighted by molar-refractivity contribution is -0.137. The van der Waals surface area contributed by atoms with Crippen LogP contribution in [0.15, 0.2) is 23.2 Å². The Labute approximate surface area is 110 Å². The summed E-state index contributed by atoms with van der Waals surface area (Å²) in [5.41, 5.74) is 11.2. The van der Waals surface area contributed by atoms with Gasteiger partial charge in [0.1, 0.15) is 11.5 Å². The fourth-order valence-corrected chi connectivity index (χ4v) is 1.66. The van der Waals surface area contributed by atoms with Crippen LogP contribution in [0.3, 0.4) is 0 Å². The zero-order chi connectivity index (χ0) is 14.4. The normalized spacial score (nSPS) is 11.5. The molecule has 0 spiro atoms. The largest absolute Gasteiger partial charge is 0.497 e. The van der Waals surface area contributed by atoms with Crippen molar-refractivity contribution >= 4 is 11.9 Å². The topological polar surface area (TPSA) is 120 Å². The molecule has 0 bridgehead atoms. The molecule has 1 aromatic carbocycles. The molecule has 1 unspecified atom stereocenters. The highest BCUT2D eigenvalue weighted by atomic mass is 16.5. The lowest BCUT2D eigenvalue weighted by Gasteiger charge is -2.15. The highest BCUT2D eigenvalue weighted by Gasteiger charge is 2.19. The lowest BCUT2D eigenvalue weighted by Crippen LogP contribution is -2.24. The van der Waals surface area contributed by atoms with Crippen molar-refractivity contribution in [3.05, 3.63) is 23.8 Å². The van der Waals surface area contributed by atoms with Crippen molar-refractivity contribution in [1.29, 1.82) is 0 Å². The average molecular weight is 267 g/mol. The summed E-state index contributed by atoms with van der Waals surface area (Å²) in [5, 5.41) is 8.91. The van der Waals surface area contributed by atoms with Gasteiger partial charge in [0.15, 0.2) is 5.96 Å². The van der Waals surface area contributed by atoms with Crippen LogP contribution in [0.2, 0.25) is 0 Å². The molecule has 1 atom stereocenters. The van der Waals surface area contributed by atoms with Crippen molar-refractivity contribution in [3.8, 4) is 11.5 Å². The van der Waals surface area contributed by atoms with Crippen molar-refractivity contribution in [2.75, 3.05) is 14.2 Å². The molecule has 19 heavy (non-hydrogen) atoms. The third kappa shape index (κ3) is 4.06. The van der Waals surface area contributed by atoms with E-state index >= 15 is 0 Å². The van der Waals surface area contributed by atoms with E-state index in [-0.39, 0.29) is 12.4 Å². The minimum Gasteiger partial charge on any atom is -0.497 e. The van der Waals surface area contributed by atoms with E-state index in [1.54, 1.807) is 18.2 Å². The molecule has 0 heterocycles. The van der Waals surface area contributed by atoms with Crippen molar-refractivity contribution in [2.45, 2.75) is 12.5 Å². The van der Waals surface area contributed by atoms with Gasteiger partial charge in [-0.2, -0.15) is 0 Å². The molecule has 0 fully saturated rings. The molecular weight excluding hydrogens is 250 g/mol. The molecule has 1 rings (SSSR count). The first kappa shape index (κ1) is 14.6. The average Bonchev–Trinajstić information content (AvgIpc) is 2.36. The van der Waals surface area contributed by atoms with Crippen LogP contribution in [0.4, 0.5) is 0 Å². The van der Waals surface area contributed by atoms with Gasteiger partial charge >= 0.3 is 5.97 Å². The number of carbonyl (C=O) groups is 1. The number of carboxylic acid groups (broad SMARTS) is 1. The fourth-order valence-electron chi connectivity index (χ4n) is 1.66. The molecule has 104 valence electrons. The number of hydrogen-bond donors (Lipinski definition) is 3. The van der Waals surface area contributed by atoms with Gasteiger partial charge in [-0.1, -0.05) is 0 Å². The number of rotatable bonds is 6. The van der Waals surface area contributed by atoms with Crippen LogP contribution < -0.4 is 20.9 Å². The van der Waals surface area contributed by atoms with Gasteiger partial charge in [0, 0.05) is 11.6 Å². The number of nitrogens with two attached hydrogens (primary N) is 2. The Balaban J connectivity index is 3.20. The first-order chi connectivity index (χ1) is 8.97. The second-order valence-electron chi connectivity index (χ2n) is 3.78. The number of nitrogens with zero attached hydrogens (tertiary/aromatic N) is 1. The smallest absolute Gasteiger partial charge is 0.305 e. The molecule has 7 heteroatoms. The van der Waals surface area contributed by atoms with Gasteiger partial charge in [-0.3, -0.25) is 4.79 Å². The Hall–Kier alpha value is -2.44. The van der Waals surface area contributed by atoms with E-state index in [9.17, 15) is 4.79 Å². The first-order valence-corrected chi connectivity index (χ1v) is 5.50. The number of benzene rings is 1. The van der Waals surface area contributed by atoms with E-state index < -0.39 is 12.0 Å². The summed E-state index contributed by atoms with van der Waals surface area (Å²) >= 11 is 0. The van der Waals surface area contributed by atoms with Gasteiger partial charge in [0.2, 0.25) is 0 Å². The zero-order valence-corrected chi connectivity index (χ0v) is 10.8. The highest BCUT2D eigenvalue weighted by molar-refractivity contribution is 5.77. The molecule has 0 aliphatic rings. The number of methoxy groups -OCH3 is 2. The van der Waals surface area contributed by atoms with Crippen LogP contribution in [-0.4, -0.2) is 31.3 Å². The van der Waals surface area contributed by atoms with Gasteiger partial charge in [0.05, 0.1) is 26.7 Å². The molecule has 5 N–H and O–H groups in total. The Kier molecular flexibility index (Phi) is 4.99. The molecule has 0 saturated heterocycles. The maximum Gasteiger partial charge on any atom is 0.305 e. The van der Waals surface area contributed by atoms with Crippen LogP contribution in [-0.2, 0) is 4.79 Å². The second-order valence-corrected chi connectivity index (χ2v) is 3.78. The monoisotopic (exact) mass is 267 g/mol. The Bertz CT molecular complexity index is 484. The van der Waals surface area contributed by atoms with E-state index in [4.69, 9.17) is 26.0 Å². The molecule has 0 saturated carbocycles. The van der Waals surface area contributed by atoms with Crippen LogP contribution in [0, 0.1) is 0 Å². The molecule has 0 aliphatic carbocycles. The summed E-state index contributed by atoms with van der Waals surface area (Å²) in [7, 11) is 3.00. The van der Waals surface area contributed by atoms with E-state index in [0.717, 1.165) is 0 Å². The summed E-state index contributed by atoms with van der Waals surface area (Å²) in [6.07, 6.45) is -0.236. The Morgan fingerprint density at radius 3 is 2.53 bits per heavy atom. The molecule has 0 aliphatic heterocycles. The van der Waals surface area contributed by atoms with Crippen molar-refractivity contribution in [1.82, 2.24) is 0 Å². The molecule has 0 amide bonds. The number of carboxylic acids is 1. The summed E-state index contributed by atoms with van der Waals surface area (Å²) in [6.45, 7) is 0. The quantitative estimate of drug-likeness (QED) is 0.509. The Morgan fingerprint density at radius 1 is 1.37 bits per heavy atom. The van der Waals surface area contributed by atoms with E-state index in [0.29, 0.717) is 17.1 Å². The van der Waals surface area contributed by atoms with Gasteiger partial charge in [-0.25, -0.2) is 4.99 Å². The van der Waals surface area contributed by atoms with Crippen molar-refractivity contribution in [2.24, 2.45) is 16.5 Å². The molecule has 1 aromatic rings. The third-order valence-electron chi connectivity index (χ3n) is 2.47. The van der Waals surface area contributed by atoms with Crippen LogP contribution in [0.25, 0.3) is 0 Å². The number of hydrogen-bond acceptors (Lipinski definition) is 4. The summed E-state index contributed by atoms with van der Waals surface area (Å²) in [5.74, 6) is -0.119. The van der Waals surface area contributed by atoms with Crippen molar-refractivity contribution in [3.63, 3.8) is 0 Å². The van der Waals surface area contributed by atoms with Gasteiger partial charge in [-0.15, -0.1) is 0 Å². The number of ether oxygens (including phenoxy) is 2. The minimum absolute atomic E-state index is 0.177. The third-order valence-corrected chi connectivity index (χ3v) is 2.47. The predicted molar refractivity (Wildman–Crippen MR) is 70.3 cm³/mol. The lowest BCUT2D eigenvalue weighted by atomic mass is 10.0. The molecular formula is C12H17N3O4. The highest BCUT2D eigenvalue weighted by Crippen LogP contribution is 2.33. The maximum absolute atomic E-state index is 10.9. The minimum atomic E-state index is -1.01. The van der Waals surface area contributed by atoms with Gasteiger partial charge in [-0.05, 0) is 12.1 Å². The van der Waals surface area contributed by atoms with E-state index in [2.05, 4.69) is 4.99 Å². The molecule has 7 nitrogen and oxygen atoms in total. The van der Waals surface area contributed by atoms with Crippen LogP contribution >= 0.6 is 0 Å². The Morgan fingerprint density at radius 2 is 2.05 bits per heavy atom. The summed E-state index contributed by atoms with van der Waals surface area (Å²) in [4.78, 5) is 14.8. The predicted octanol–water partition coefficient (Wildman–Crippen LogP) is 0.493. The number of aliphatic imine (C=N–C) groups is 1.